The van der Waals surface area contributed by atoms with E-state index in [0.717, 1.165) is 0 Å². The van der Waals surface area contributed by atoms with Gasteiger partial charge in [0.25, 0.3) is 0 Å². The average Bonchev–Trinajstić information content (AvgIpc) is 3.01. The maximum absolute atomic E-state index is 2.28. The second-order valence-corrected chi connectivity index (χ2v) is 13.1. The molecule has 0 aliphatic carbocycles. The van der Waals surface area contributed by atoms with Crippen molar-refractivity contribution < 1.29 is 53.2 Å². The van der Waals surface area contributed by atoms with Crippen molar-refractivity contribution in [2.45, 2.75) is 213 Å². The van der Waals surface area contributed by atoms with Crippen LogP contribution in [-0.4, -0.2) is 40.8 Å². The van der Waals surface area contributed by atoms with Crippen molar-refractivity contribution in [2.24, 2.45) is 0 Å². The molecule has 0 amide bonds. The van der Waals surface area contributed by atoms with Gasteiger partial charge in [0, 0.05) is 0 Å². The highest BCUT2D eigenvalue weighted by molar-refractivity contribution is 4.48. The zero-order valence-corrected chi connectivity index (χ0v) is 34.5. The van der Waals surface area contributed by atoms with Crippen molar-refractivity contribution in [1.82, 2.24) is 0 Å². The van der Waals surface area contributed by atoms with Crippen molar-refractivity contribution in [1.29, 1.82) is 0 Å². The van der Waals surface area contributed by atoms with E-state index in [4.69, 9.17) is 0 Å². The third kappa shape index (κ3) is 71.8. The molecule has 282 valence electrons. The topological polar surface area (TPSA) is 49.8 Å². The summed E-state index contributed by atoms with van der Waals surface area (Å²) in [6.07, 6.45) is 43.4. The van der Waals surface area contributed by atoms with Crippen molar-refractivity contribution in [2.75, 3.05) is 40.8 Å². The van der Waals surface area contributed by atoms with Crippen LogP contribution in [0.25, 0.3) is 0 Å². The first-order chi connectivity index (χ1) is 20.7. The van der Waals surface area contributed by atoms with Crippen LogP contribution >= 0.6 is 0 Å². The number of hydrogen-bond acceptors (Lipinski definition) is 0. The molecule has 45 heavy (non-hydrogen) atoms. The van der Waals surface area contributed by atoms with Crippen LogP contribution in [0.4, 0.5) is 0 Å². The summed E-state index contributed by atoms with van der Waals surface area (Å²) in [6, 6.07) is 0. The van der Waals surface area contributed by atoms with E-state index in [1.54, 1.807) is 0 Å². The maximum Gasteiger partial charge on any atom is 0.0753 e. The van der Waals surface area contributed by atoms with Gasteiger partial charge in [-0.15, -0.1) is 0 Å². The minimum atomic E-state index is 0. The quantitative estimate of drug-likeness (QED) is 0.0825. The molecule has 0 aliphatic rings. The molecule has 0 aliphatic heterocycles. The molecule has 3 nitrogen and oxygen atoms in total. The zero-order valence-electron chi connectivity index (χ0n) is 32.2. The molecule has 0 aromatic rings. The fraction of sp³-hybridized carbons (Fsp3) is 1.00. The molecule has 0 aromatic heterocycles. The minimum Gasteiger partial charge on any atom is -1.00 e. The van der Waals surface area contributed by atoms with Crippen LogP contribution in [0, 0.1) is 0 Å². The molecule has 0 heterocycles. The third-order valence-electron chi connectivity index (χ3n) is 8.54. The van der Waals surface area contributed by atoms with Gasteiger partial charge in [0.05, 0.1) is 40.8 Å². The zero-order chi connectivity index (χ0) is 31.5. The van der Waals surface area contributed by atoms with E-state index in [1.165, 1.54) is 212 Å². The number of nitrogens with two attached hydrogens (primary N) is 3. The van der Waals surface area contributed by atoms with E-state index in [1.807, 2.05) is 0 Å². The van der Waals surface area contributed by atoms with E-state index in [0.29, 0.717) is 0 Å². The third-order valence-corrected chi connectivity index (χ3v) is 8.54. The van der Waals surface area contributed by atoms with Gasteiger partial charge < -0.3 is 53.2 Å². The van der Waals surface area contributed by atoms with Gasteiger partial charge in [-0.3, -0.25) is 0 Å². The number of hydrogen-bond donors (Lipinski definition) is 3. The highest BCUT2D eigenvalue weighted by atomic mass is 35.5. The number of quaternary nitrogens is 3. The molecule has 0 unspecified atom stereocenters. The first-order valence-corrected chi connectivity index (χ1v) is 20.1. The summed E-state index contributed by atoms with van der Waals surface area (Å²) in [5.41, 5.74) is 0. The Morgan fingerprint density at radius 2 is 0.356 bits per heavy atom. The van der Waals surface area contributed by atoms with E-state index in [9.17, 15) is 0 Å². The average molecular weight is 708 g/mol. The molecule has 0 spiro atoms. The van der Waals surface area contributed by atoms with E-state index in [-0.39, 0.29) is 37.2 Å². The molecule has 0 rings (SSSR count). The molecule has 0 fully saturated rings. The first kappa shape index (κ1) is 58.0. The largest absolute Gasteiger partial charge is 1.00 e. The van der Waals surface area contributed by atoms with Gasteiger partial charge in [-0.05, 0) is 38.5 Å². The van der Waals surface area contributed by atoms with Crippen molar-refractivity contribution in [3.05, 3.63) is 0 Å². The first-order valence-electron chi connectivity index (χ1n) is 20.1. The Labute approximate surface area is 306 Å². The summed E-state index contributed by atoms with van der Waals surface area (Å²) in [5, 5.41) is 6.85. The van der Waals surface area contributed by atoms with Crippen LogP contribution in [-0.2, 0) is 0 Å². The fourth-order valence-electron chi connectivity index (χ4n) is 5.51. The second-order valence-electron chi connectivity index (χ2n) is 13.1. The van der Waals surface area contributed by atoms with E-state index >= 15 is 0 Å². The van der Waals surface area contributed by atoms with Gasteiger partial charge in [-0.2, -0.15) is 0 Å². The number of halogens is 3. The maximum atomic E-state index is 2.28. The Morgan fingerprint density at radius 3 is 0.489 bits per heavy atom. The lowest BCUT2D eigenvalue weighted by Crippen LogP contribution is -3.00. The van der Waals surface area contributed by atoms with Gasteiger partial charge in [-0.25, -0.2) is 0 Å². The lowest BCUT2D eigenvalue weighted by molar-refractivity contribution is -0.627. The van der Waals surface area contributed by atoms with Gasteiger partial charge in [0.2, 0.25) is 0 Å². The fourth-order valence-corrected chi connectivity index (χ4v) is 5.51. The molecular weight excluding hydrogens is 617 g/mol. The predicted octanol–water partition coefficient (Wildman–Crippen LogP) is 0.313. The van der Waals surface area contributed by atoms with Crippen molar-refractivity contribution in [3.63, 3.8) is 0 Å². The highest BCUT2D eigenvalue weighted by Gasteiger charge is 1.94. The number of rotatable bonds is 33. The highest BCUT2D eigenvalue weighted by Crippen LogP contribution is 2.11. The smallest absolute Gasteiger partial charge is 0.0753 e. The van der Waals surface area contributed by atoms with Gasteiger partial charge in [0.15, 0.2) is 0 Å². The van der Waals surface area contributed by atoms with Gasteiger partial charge >= 0.3 is 0 Å². The van der Waals surface area contributed by atoms with Gasteiger partial charge in [0.1, 0.15) is 0 Å². The second kappa shape index (κ2) is 63.4. The Balaban J connectivity index is -0.000000123. The van der Waals surface area contributed by atoms with Crippen LogP contribution in [0.15, 0.2) is 0 Å². The summed E-state index contributed by atoms with van der Waals surface area (Å²) in [5.74, 6) is 0. The standard InChI is InChI=1S/3C13H29N.3ClH/c3*1-3-4-5-6-7-8-9-10-11-12-13-14-2;;;/h3*14H,3-13H2,1-2H3;3*1H. The van der Waals surface area contributed by atoms with Crippen LogP contribution in [0.3, 0.4) is 0 Å². The van der Waals surface area contributed by atoms with Crippen LogP contribution in [0.1, 0.15) is 213 Å². The Morgan fingerprint density at radius 1 is 0.222 bits per heavy atom. The van der Waals surface area contributed by atoms with Crippen molar-refractivity contribution in [3.8, 4) is 0 Å². The minimum absolute atomic E-state index is 0. The Bertz CT molecular complexity index is 311. The van der Waals surface area contributed by atoms with E-state index in [2.05, 4.69) is 57.9 Å². The Kier molecular flexibility index (Phi) is 81.7. The lowest BCUT2D eigenvalue weighted by atomic mass is 10.1. The van der Waals surface area contributed by atoms with Crippen LogP contribution in [0.5, 0.6) is 0 Å². The monoisotopic (exact) mass is 706 g/mol. The molecular formula is C39H90Cl3N3. The molecule has 0 saturated heterocycles. The molecule has 0 aromatic carbocycles. The summed E-state index contributed by atoms with van der Waals surface area (Å²) in [7, 11) is 6.48. The summed E-state index contributed by atoms with van der Waals surface area (Å²) in [6.45, 7) is 10.8. The van der Waals surface area contributed by atoms with Gasteiger partial charge in [-0.1, -0.05) is 175 Å². The molecule has 0 bridgehead atoms. The van der Waals surface area contributed by atoms with Crippen LogP contribution < -0.4 is 53.2 Å². The molecule has 6 heteroatoms. The summed E-state index contributed by atoms with van der Waals surface area (Å²) in [4.78, 5) is 0. The summed E-state index contributed by atoms with van der Waals surface area (Å²) >= 11 is 0. The number of unbranched alkanes of at least 4 members (excludes halogenated alkanes) is 27. The molecule has 6 N–H and O–H groups in total. The summed E-state index contributed by atoms with van der Waals surface area (Å²) < 4.78 is 0. The predicted molar refractivity (Wildman–Crippen MR) is 194 cm³/mol. The molecule has 0 saturated carbocycles. The Hall–Kier alpha value is 0.750. The molecule has 0 radical (unpaired) electrons. The van der Waals surface area contributed by atoms with Crippen molar-refractivity contribution >= 4 is 0 Å². The normalized spacial score (nSPS) is 10.0. The lowest BCUT2D eigenvalue weighted by Gasteiger charge is -2.01. The molecule has 0 atom stereocenters. The van der Waals surface area contributed by atoms with Crippen LogP contribution in [0.2, 0.25) is 0 Å². The van der Waals surface area contributed by atoms with E-state index < -0.39 is 0 Å². The SMILES string of the molecule is CCCCCCCCCCCC[NH2+]C.CCCCCCCCCCCC[NH2+]C.CCCCCCCCCCCC[NH2+]C.[Cl-].[Cl-].[Cl-].